The highest BCUT2D eigenvalue weighted by atomic mass is 19.1. The minimum Gasteiger partial charge on any atom is -0.358 e. The van der Waals surface area contributed by atoms with Crippen molar-refractivity contribution in [2.75, 3.05) is 0 Å². The van der Waals surface area contributed by atoms with Crippen molar-refractivity contribution in [1.29, 1.82) is 0 Å². The first-order valence-electron chi connectivity index (χ1n) is 2.48. The molecule has 1 aromatic heterocycles. The Morgan fingerprint density at radius 1 is 1.90 bits per heavy atom. The van der Waals surface area contributed by atoms with E-state index in [1.165, 1.54) is 6.20 Å². The standard InChI is InChI=1S/C4H4FN3O2/c5-3-7-2-1-4(6-7)8(9)10/h1-2H,3H2. The molecule has 1 heterocycles. The van der Waals surface area contributed by atoms with Gasteiger partial charge in [-0.3, -0.25) is 0 Å². The van der Waals surface area contributed by atoms with Crippen LogP contribution in [0, 0.1) is 10.1 Å². The molecule has 0 spiro atoms. The summed E-state index contributed by atoms with van der Waals surface area (Å²) in [5.41, 5.74) is 0. The van der Waals surface area contributed by atoms with Crippen molar-refractivity contribution in [1.82, 2.24) is 9.78 Å². The number of alkyl halides is 1. The molecule has 0 saturated carbocycles. The normalized spacial score (nSPS) is 9.70. The molecule has 0 radical (unpaired) electrons. The maximum atomic E-state index is 11.7. The smallest absolute Gasteiger partial charge is 0.358 e. The molecule has 0 fully saturated rings. The van der Waals surface area contributed by atoms with E-state index >= 15 is 0 Å². The topological polar surface area (TPSA) is 61.0 Å². The van der Waals surface area contributed by atoms with E-state index < -0.39 is 11.7 Å². The van der Waals surface area contributed by atoms with Crippen molar-refractivity contribution in [2.45, 2.75) is 6.80 Å². The van der Waals surface area contributed by atoms with E-state index in [2.05, 4.69) is 5.10 Å². The summed E-state index contributed by atoms with van der Waals surface area (Å²) < 4.78 is 12.5. The van der Waals surface area contributed by atoms with Crippen LogP contribution in [0.1, 0.15) is 0 Å². The zero-order valence-electron chi connectivity index (χ0n) is 4.90. The van der Waals surface area contributed by atoms with Gasteiger partial charge in [-0.25, -0.2) is 4.39 Å². The Labute approximate surface area is 55.2 Å². The van der Waals surface area contributed by atoms with Gasteiger partial charge >= 0.3 is 5.82 Å². The van der Waals surface area contributed by atoms with Gasteiger partial charge in [0.15, 0.2) is 0 Å². The summed E-state index contributed by atoms with van der Waals surface area (Å²) in [4.78, 5) is 9.26. The Bertz CT molecular complexity index is 246. The molecule has 1 aromatic rings. The molecule has 6 heteroatoms. The van der Waals surface area contributed by atoms with E-state index in [1.54, 1.807) is 0 Å². The second kappa shape index (κ2) is 2.42. The second-order valence-corrected chi connectivity index (χ2v) is 1.59. The monoisotopic (exact) mass is 145 g/mol. The second-order valence-electron chi connectivity index (χ2n) is 1.59. The maximum Gasteiger partial charge on any atom is 0.390 e. The molecular weight excluding hydrogens is 141 g/mol. The highest BCUT2D eigenvalue weighted by Gasteiger charge is 2.09. The molecule has 0 N–H and O–H groups in total. The maximum absolute atomic E-state index is 11.7. The van der Waals surface area contributed by atoms with Crippen LogP contribution >= 0.6 is 0 Å². The van der Waals surface area contributed by atoms with Crippen LogP contribution in [-0.4, -0.2) is 14.7 Å². The van der Waals surface area contributed by atoms with Gasteiger partial charge in [-0.15, -0.1) is 4.68 Å². The summed E-state index contributed by atoms with van der Waals surface area (Å²) in [7, 11) is 0. The fourth-order valence-electron chi connectivity index (χ4n) is 0.515. The lowest BCUT2D eigenvalue weighted by atomic mass is 10.7. The van der Waals surface area contributed by atoms with Crippen LogP contribution < -0.4 is 0 Å². The van der Waals surface area contributed by atoms with Gasteiger partial charge in [0.25, 0.3) is 0 Å². The summed E-state index contributed by atoms with van der Waals surface area (Å²) in [5, 5.41) is 13.2. The summed E-state index contributed by atoms with van der Waals surface area (Å²) >= 11 is 0. The van der Waals surface area contributed by atoms with Crippen molar-refractivity contribution in [3.05, 3.63) is 22.4 Å². The number of hydrogen-bond acceptors (Lipinski definition) is 3. The van der Waals surface area contributed by atoms with E-state index in [4.69, 9.17) is 0 Å². The number of aromatic nitrogens is 2. The Morgan fingerprint density at radius 2 is 2.60 bits per heavy atom. The predicted octanol–water partition coefficient (Wildman–Crippen LogP) is 0.718. The van der Waals surface area contributed by atoms with Crippen molar-refractivity contribution >= 4 is 5.82 Å². The van der Waals surface area contributed by atoms with Crippen LogP contribution in [0.25, 0.3) is 0 Å². The van der Waals surface area contributed by atoms with E-state index in [0.29, 0.717) is 0 Å². The van der Waals surface area contributed by atoms with Crippen LogP contribution in [0.2, 0.25) is 0 Å². The molecule has 10 heavy (non-hydrogen) atoms. The first-order valence-corrected chi connectivity index (χ1v) is 2.48. The fraction of sp³-hybridized carbons (Fsp3) is 0.250. The van der Waals surface area contributed by atoms with Gasteiger partial charge in [0.05, 0.1) is 17.4 Å². The number of hydrogen-bond donors (Lipinski definition) is 0. The first-order chi connectivity index (χ1) is 4.74. The molecule has 0 bridgehead atoms. The van der Waals surface area contributed by atoms with Crippen LogP contribution in [0.5, 0.6) is 0 Å². The zero-order chi connectivity index (χ0) is 7.56. The Balaban J connectivity index is 2.88. The van der Waals surface area contributed by atoms with E-state index in [-0.39, 0.29) is 5.82 Å². The Morgan fingerprint density at radius 3 is 2.90 bits per heavy atom. The number of halogens is 1. The Hall–Kier alpha value is -1.46. The lowest BCUT2D eigenvalue weighted by Gasteiger charge is -1.83. The van der Waals surface area contributed by atoms with Gasteiger partial charge in [-0.1, -0.05) is 0 Å². The average Bonchev–Trinajstić information content (AvgIpc) is 2.34. The first kappa shape index (κ1) is 6.66. The van der Waals surface area contributed by atoms with Crippen molar-refractivity contribution < 1.29 is 9.31 Å². The molecule has 0 aliphatic rings. The van der Waals surface area contributed by atoms with E-state index in [9.17, 15) is 14.5 Å². The molecule has 0 unspecified atom stereocenters. The number of nitro groups is 1. The fourth-order valence-corrected chi connectivity index (χ4v) is 0.515. The molecule has 1 rings (SSSR count). The highest BCUT2D eigenvalue weighted by molar-refractivity contribution is 5.13. The molecule has 0 amide bonds. The van der Waals surface area contributed by atoms with Crippen LogP contribution in [0.3, 0.4) is 0 Å². The minimum atomic E-state index is -0.839. The molecule has 54 valence electrons. The van der Waals surface area contributed by atoms with E-state index in [0.717, 1.165) is 10.7 Å². The summed E-state index contributed by atoms with van der Waals surface area (Å²) in [5.74, 6) is -0.336. The lowest BCUT2D eigenvalue weighted by Crippen LogP contribution is -1.95. The minimum absolute atomic E-state index is 0.336. The quantitative estimate of drug-likeness (QED) is 0.455. The third-order valence-corrected chi connectivity index (χ3v) is 0.936. The van der Waals surface area contributed by atoms with Crippen molar-refractivity contribution in [2.24, 2.45) is 0 Å². The largest absolute Gasteiger partial charge is 0.390 e. The Kier molecular flexibility index (Phi) is 1.61. The molecule has 0 saturated heterocycles. The lowest BCUT2D eigenvalue weighted by molar-refractivity contribution is -0.389. The van der Waals surface area contributed by atoms with Crippen LogP contribution in [0.15, 0.2) is 12.3 Å². The summed E-state index contributed by atoms with van der Waals surface area (Å²) in [6.45, 7) is -0.839. The summed E-state index contributed by atoms with van der Waals surface area (Å²) in [6.07, 6.45) is 1.21. The van der Waals surface area contributed by atoms with Gasteiger partial charge in [0.1, 0.15) is 0 Å². The molecule has 0 atom stereocenters. The van der Waals surface area contributed by atoms with Crippen molar-refractivity contribution in [3.63, 3.8) is 0 Å². The predicted molar refractivity (Wildman–Crippen MR) is 30.0 cm³/mol. The third-order valence-electron chi connectivity index (χ3n) is 0.936. The molecular formula is C4H4FN3O2. The summed E-state index contributed by atoms with van der Waals surface area (Å²) in [6, 6.07) is 1.14. The molecule has 5 nitrogen and oxygen atoms in total. The van der Waals surface area contributed by atoms with E-state index in [1.807, 2.05) is 0 Å². The molecule has 0 aliphatic heterocycles. The number of nitrogens with zero attached hydrogens (tertiary/aromatic N) is 3. The average molecular weight is 145 g/mol. The highest BCUT2D eigenvalue weighted by Crippen LogP contribution is 2.04. The van der Waals surface area contributed by atoms with Gasteiger partial charge in [-0.2, -0.15) is 0 Å². The third kappa shape index (κ3) is 1.09. The van der Waals surface area contributed by atoms with Crippen LogP contribution in [0.4, 0.5) is 10.2 Å². The van der Waals surface area contributed by atoms with Gasteiger partial charge in [-0.05, 0) is 4.92 Å². The van der Waals surface area contributed by atoms with Crippen LogP contribution in [-0.2, 0) is 6.80 Å². The van der Waals surface area contributed by atoms with Gasteiger partial charge in [0, 0.05) is 0 Å². The SMILES string of the molecule is O=[N+]([O-])c1ccn(CF)n1. The van der Waals surface area contributed by atoms with Gasteiger partial charge < -0.3 is 10.1 Å². The molecule has 0 aromatic carbocycles. The van der Waals surface area contributed by atoms with Gasteiger partial charge in [0.2, 0.25) is 6.80 Å². The zero-order valence-corrected chi connectivity index (χ0v) is 4.90. The molecule has 0 aliphatic carbocycles. The van der Waals surface area contributed by atoms with Crippen molar-refractivity contribution in [3.8, 4) is 0 Å². The number of rotatable bonds is 2.